The topological polar surface area (TPSA) is 77.2 Å². The van der Waals surface area contributed by atoms with Gasteiger partial charge in [0.15, 0.2) is 0 Å². The number of carbonyl (C=O) groups is 1. The fourth-order valence-corrected chi connectivity index (χ4v) is 3.01. The second-order valence-corrected chi connectivity index (χ2v) is 6.60. The molecule has 3 aromatic carbocycles. The predicted molar refractivity (Wildman–Crippen MR) is 111 cm³/mol. The van der Waals surface area contributed by atoms with Crippen molar-refractivity contribution in [3.8, 4) is 28.6 Å². The average Bonchev–Trinajstić information content (AvgIpc) is 3.24. The van der Waals surface area contributed by atoms with Crippen molar-refractivity contribution in [2.45, 2.75) is 0 Å². The number of ether oxygens (including phenoxy) is 1. The van der Waals surface area contributed by atoms with Gasteiger partial charge in [0.1, 0.15) is 5.75 Å². The first-order chi connectivity index (χ1) is 14.1. The highest BCUT2D eigenvalue weighted by molar-refractivity contribution is 6.31. The lowest BCUT2D eigenvalue weighted by atomic mass is 10.1. The van der Waals surface area contributed by atoms with E-state index in [4.69, 9.17) is 20.9 Å². The molecule has 0 aliphatic rings. The minimum absolute atomic E-state index is 0.257. The number of anilines is 1. The van der Waals surface area contributed by atoms with Crippen LogP contribution < -0.4 is 10.1 Å². The summed E-state index contributed by atoms with van der Waals surface area (Å²) in [6.07, 6.45) is 0. The molecule has 29 heavy (non-hydrogen) atoms. The predicted octanol–water partition coefficient (Wildman–Crippen LogP) is 5.32. The van der Waals surface area contributed by atoms with Crippen LogP contribution in [-0.4, -0.2) is 23.2 Å². The van der Waals surface area contributed by atoms with Crippen LogP contribution in [0, 0.1) is 0 Å². The van der Waals surface area contributed by atoms with Crippen molar-refractivity contribution in [1.29, 1.82) is 0 Å². The molecule has 0 atom stereocenters. The number of methoxy groups -OCH3 is 1. The fourth-order valence-electron chi connectivity index (χ4n) is 2.82. The molecule has 0 fully saturated rings. The first-order valence-electron chi connectivity index (χ1n) is 8.78. The van der Waals surface area contributed by atoms with E-state index < -0.39 is 0 Å². The largest absolute Gasteiger partial charge is 0.497 e. The van der Waals surface area contributed by atoms with Crippen molar-refractivity contribution in [3.63, 3.8) is 0 Å². The summed E-state index contributed by atoms with van der Waals surface area (Å²) < 4.78 is 10.6. The zero-order valence-electron chi connectivity index (χ0n) is 15.4. The van der Waals surface area contributed by atoms with E-state index >= 15 is 0 Å². The maximum atomic E-state index is 12.8. The summed E-state index contributed by atoms with van der Waals surface area (Å²) in [7, 11) is 1.60. The average molecular weight is 406 g/mol. The lowest BCUT2D eigenvalue weighted by molar-refractivity contribution is 0.102. The van der Waals surface area contributed by atoms with Gasteiger partial charge in [0, 0.05) is 16.3 Å². The van der Waals surface area contributed by atoms with Gasteiger partial charge in [0.2, 0.25) is 5.82 Å². The zero-order valence-corrected chi connectivity index (χ0v) is 16.2. The van der Waals surface area contributed by atoms with Gasteiger partial charge in [-0.3, -0.25) is 4.79 Å². The number of aromatic nitrogens is 2. The second-order valence-electron chi connectivity index (χ2n) is 6.16. The van der Waals surface area contributed by atoms with E-state index in [0.717, 1.165) is 11.3 Å². The van der Waals surface area contributed by atoms with Gasteiger partial charge in [-0.25, -0.2) is 0 Å². The summed E-state index contributed by atoms with van der Waals surface area (Å²) in [5.41, 5.74) is 2.33. The van der Waals surface area contributed by atoms with Crippen LogP contribution in [0.2, 0.25) is 5.02 Å². The van der Waals surface area contributed by atoms with E-state index in [-0.39, 0.29) is 11.8 Å². The lowest BCUT2D eigenvalue weighted by Crippen LogP contribution is -2.13. The van der Waals surface area contributed by atoms with Crippen LogP contribution in [0.1, 0.15) is 10.4 Å². The van der Waals surface area contributed by atoms with Crippen LogP contribution >= 0.6 is 11.6 Å². The summed E-state index contributed by atoms with van der Waals surface area (Å²) in [6, 6.07) is 21.3. The highest BCUT2D eigenvalue weighted by Gasteiger charge is 2.18. The SMILES string of the molecule is COc1ccc(-c2noc(-c3ccccc3C(=O)Nc3cccc(Cl)c3)n2)cc1. The van der Waals surface area contributed by atoms with Gasteiger partial charge in [0.05, 0.1) is 18.2 Å². The van der Waals surface area contributed by atoms with Gasteiger partial charge in [-0.2, -0.15) is 4.98 Å². The molecule has 1 aromatic heterocycles. The molecule has 0 spiro atoms. The van der Waals surface area contributed by atoms with Gasteiger partial charge < -0.3 is 14.6 Å². The third kappa shape index (κ3) is 4.12. The van der Waals surface area contributed by atoms with Gasteiger partial charge in [-0.05, 0) is 54.6 Å². The van der Waals surface area contributed by atoms with Crippen molar-refractivity contribution in [2.24, 2.45) is 0 Å². The third-order valence-electron chi connectivity index (χ3n) is 4.26. The Hall–Kier alpha value is -3.64. The standard InChI is InChI=1S/C22H16ClN3O3/c1-28-17-11-9-14(10-12-17)20-25-22(29-26-20)19-8-3-2-7-18(19)21(27)24-16-6-4-5-15(23)13-16/h2-13H,1H3,(H,24,27). The van der Waals surface area contributed by atoms with Crippen molar-refractivity contribution in [1.82, 2.24) is 10.1 Å². The molecule has 0 saturated carbocycles. The van der Waals surface area contributed by atoms with Crippen molar-refractivity contribution in [3.05, 3.63) is 83.4 Å². The molecule has 6 nitrogen and oxygen atoms in total. The van der Waals surface area contributed by atoms with Gasteiger partial charge in [0.25, 0.3) is 11.8 Å². The Labute approximate surface area is 172 Å². The van der Waals surface area contributed by atoms with E-state index in [1.165, 1.54) is 0 Å². The van der Waals surface area contributed by atoms with Crippen molar-refractivity contribution >= 4 is 23.2 Å². The quantitative estimate of drug-likeness (QED) is 0.486. The van der Waals surface area contributed by atoms with Crippen LogP contribution in [0.3, 0.4) is 0 Å². The number of hydrogen-bond acceptors (Lipinski definition) is 5. The van der Waals surface area contributed by atoms with E-state index in [0.29, 0.717) is 27.7 Å². The first kappa shape index (κ1) is 18.7. The first-order valence-corrected chi connectivity index (χ1v) is 9.16. The number of nitrogens with one attached hydrogen (secondary N) is 1. The Balaban J connectivity index is 1.63. The normalized spacial score (nSPS) is 10.6. The molecule has 0 aliphatic carbocycles. The van der Waals surface area contributed by atoms with Crippen molar-refractivity contribution in [2.75, 3.05) is 12.4 Å². The molecule has 4 aromatic rings. The molecule has 1 N–H and O–H groups in total. The van der Waals surface area contributed by atoms with Crippen LogP contribution in [-0.2, 0) is 0 Å². The molecule has 1 amide bonds. The number of amides is 1. The number of carbonyl (C=O) groups excluding carboxylic acids is 1. The third-order valence-corrected chi connectivity index (χ3v) is 4.49. The Bertz CT molecular complexity index is 1160. The van der Waals surface area contributed by atoms with Gasteiger partial charge >= 0.3 is 0 Å². The summed E-state index contributed by atoms with van der Waals surface area (Å²) in [6.45, 7) is 0. The molecule has 7 heteroatoms. The highest BCUT2D eigenvalue weighted by Crippen LogP contribution is 2.27. The lowest BCUT2D eigenvalue weighted by Gasteiger charge is -2.08. The highest BCUT2D eigenvalue weighted by atomic mass is 35.5. The fraction of sp³-hybridized carbons (Fsp3) is 0.0455. The van der Waals surface area contributed by atoms with Crippen LogP contribution in [0.4, 0.5) is 5.69 Å². The molecule has 0 unspecified atom stereocenters. The number of hydrogen-bond donors (Lipinski definition) is 1. The zero-order chi connectivity index (χ0) is 20.2. The number of nitrogens with zero attached hydrogens (tertiary/aromatic N) is 2. The molecule has 1 heterocycles. The van der Waals surface area contributed by atoms with Gasteiger partial charge in [-0.15, -0.1) is 0 Å². The van der Waals surface area contributed by atoms with Crippen LogP contribution in [0.15, 0.2) is 77.3 Å². The van der Waals surface area contributed by atoms with E-state index in [9.17, 15) is 4.79 Å². The summed E-state index contributed by atoms with van der Waals surface area (Å²) in [5.74, 6) is 1.12. The Morgan fingerprint density at radius 1 is 1.03 bits per heavy atom. The van der Waals surface area contributed by atoms with Gasteiger partial charge in [-0.1, -0.05) is 35.0 Å². The summed E-state index contributed by atoms with van der Waals surface area (Å²) >= 11 is 5.99. The van der Waals surface area contributed by atoms with Crippen LogP contribution in [0.25, 0.3) is 22.8 Å². The Morgan fingerprint density at radius 2 is 1.83 bits per heavy atom. The number of benzene rings is 3. The molecule has 0 saturated heterocycles. The monoisotopic (exact) mass is 405 g/mol. The van der Waals surface area contributed by atoms with Crippen molar-refractivity contribution < 1.29 is 14.1 Å². The molecule has 0 radical (unpaired) electrons. The molecule has 144 valence electrons. The van der Waals surface area contributed by atoms with E-state index in [1.54, 1.807) is 49.6 Å². The smallest absolute Gasteiger partial charge is 0.259 e. The molecular weight excluding hydrogens is 390 g/mol. The summed E-state index contributed by atoms with van der Waals surface area (Å²) in [4.78, 5) is 17.3. The molecule has 0 aliphatic heterocycles. The molecule has 0 bridgehead atoms. The Morgan fingerprint density at radius 3 is 2.59 bits per heavy atom. The summed E-state index contributed by atoms with van der Waals surface area (Å²) in [5, 5.41) is 7.41. The maximum Gasteiger partial charge on any atom is 0.259 e. The maximum absolute atomic E-state index is 12.8. The second kappa shape index (κ2) is 8.16. The van der Waals surface area contributed by atoms with Crippen LogP contribution in [0.5, 0.6) is 5.75 Å². The van der Waals surface area contributed by atoms with E-state index in [2.05, 4.69) is 15.5 Å². The number of rotatable bonds is 5. The minimum atomic E-state index is -0.299. The molecule has 4 rings (SSSR count). The van der Waals surface area contributed by atoms with E-state index in [1.807, 2.05) is 30.3 Å². The molecular formula is C22H16ClN3O3. The number of halogens is 1. The minimum Gasteiger partial charge on any atom is -0.497 e. The Kier molecular flexibility index (Phi) is 5.27.